The molecule has 1 N–H and O–H groups in total. The maximum Gasteiger partial charge on any atom is 0.325 e. The van der Waals surface area contributed by atoms with E-state index in [-0.39, 0.29) is 12.6 Å². The maximum atomic E-state index is 10.1. The first kappa shape index (κ1) is 11.1. The van der Waals surface area contributed by atoms with Crippen molar-refractivity contribution < 1.29 is 14.6 Å². The van der Waals surface area contributed by atoms with Gasteiger partial charge in [-0.2, -0.15) is 0 Å². The predicted molar refractivity (Wildman–Crippen MR) is 46.6 cm³/mol. The van der Waals surface area contributed by atoms with E-state index in [1.54, 1.807) is 13.3 Å². The number of carbonyl (C=O) groups is 1. The van der Waals surface area contributed by atoms with Crippen molar-refractivity contribution in [2.45, 2.75) is 20.0 Å². The van der Waals surface area contributed by atoms with Gasteiger partial charge < -0.3 is 9.84 Å². The molecule has 0 bridgehead atoms. The van der Waals surface area contributed by atoms with Crippen LogP contribution in [0.2, 0.25) is 0 Å². The fourth-order valence-corrected chi connectivity index (χ4v) is 0.740. The first-order valence-electron chi connectivity index (χ1n) is 3.82. The smallest absolute Gasteiger partial charge is 0.325 e. The van der Waals surface area contributed by atoms with Gasteiger partial charge >= 0.3 is 5.97 Å². The summed E-state index contributed by atoms with van der Waals surface area (Å²) in [6.45, 7) is 3.79. The van der Waals surface area contributed by atoms with Gasteiger partial charge in [0.05, 0.1) is 6.10 Å². The van der Waals surface area contributed by atoms with Crippen molar-refractivity contribution in [3.8, 4) is 0 Å². The molecule has 1 unspecified atom stereocenters. The van der Waals surface area contributed by atoms with Gasteiger partial charge in [-0.15, -0.1) is 0 Å². The number of rotatable bonds is 5. The first-order chi connectivity index (χ1) is 5.57. The Balaban J connectivity index is 3.84. The Morgan fingerprint density at radius 3 is 2.58 bits per heavy atom. The molecule has 70 valence electrons. The number of ether oxygens (including phenoxy) is 1. The standard InChI is InChI=1S/C8H15NO3/c1-6(2)7(12-3)4-9-5-8(10)11/h4,6-7H,5H2,1-3H3,(H,10,11). The van der Waals surface area contributed by atoms with E-state index < -0.39 is 5.97 Å². The molecule has 12 heavy (non-hydrogen) atoms. The highest BCUT2D eigenvalue weighted by Gasteiger charge is 2.08. The molecule has 4 heteroatoms. The van der Waals surface area contributed by atoms with Gasteiger partial charge in [-0.3, -0.25) is 9.79 Å². The normalized spacial score (nSPS) is 14.0. The highest BCUT2D eigenvalue weighted by atomic mass is 16.5. The minimum Gasteiger partial charge on any atom is -0.480 e. The molecule has 0 aromatic rings. The lowest BCUT2D eigenvalue weighted by atomic mass is 10.1. The number of nitrogens with zero attached hydrogens (tertiary/aromatic N) is 1. The van der Waals surface area contributed by atoms with Crippen molar-refractivity contribution in [2.75, 3.05) is 13.7 Å². The van der Waals surface area contributed by atoms with Crippen LogP contribution < -0.4 is 0 Å². The van der Waals surface area contributed by atoms with Crippen LogP contribution in [0.3, 0.4) is 0 Å². The second-order valence-corrected chi connectivity index (χ2v) is 2.83. The fraction of sp³-hybridized carbons (Fsp3) is 0.750. The molecular formula is C8H15NO3. The molecule has 0 aromatic heterocycles. The van der Waals surface area contributed by atoms with Crippen LogP contribution in [0.1, 0.15) is 13.8 Å². The topological polar surface area (TPSA) is 58.9 Å². The first-order valence-corrected chi connectivity index (χ1v) is 3.82. The maximum absolute atomic E-state index is 10.1. The van der Waals surface area contributed by atoms with E-state index in [2.05, 4.69) is 4.99 Å². The molecule has 0 amide bonds. The predicted octanol–water partition coefficient (Wildman–Crippen LogP) is 0.813. The zero-order valence-electron chi connectivity index (χ0n) is 7.65. The van der Waals surface area contributed by atoms with Crippen LogP contribution in [0, 0.1) is 5.92 Å². The lowest BCUT2D eigenvalue weighted by Crippen LogP contribution is -2.20. The zero-order valence-corrected chi connectivity index (χ0v) is 7.65. The lowest BCUT2D eigenvalue weighted by Gasteiger charge is -2.13. The van der Waals surface area contributed by atoms with Gasteiger partial charge in [-0.1, -0.05) is 13.8 Å². The van der Waals surface area contributed by atoms with Gasteiger partial charge in [0.25, 0.3) is 0 Å². The molecule has 1 atom stereocenters. The second-order valence-electron chi connectivity index (χ2n) is 2.83. The van der Waals surface area contributed by atoms with Gasteiger partial charge in [0, 0.05) is 13.3 Å². The highest BCUT2D eigenvalue weighted by molar-refractivity contribution is 5.73. The van der Waals surface area contributed by atoms with E-state index in [1.807, 2.05) is 13.8 Å². The highest BCUT2D eigenvalue weighted by Crippen LogP contribution is 2.01. The van der Waals surface area contributed by atoms with E-state index >= 15 is 0 Å². The molecule has 0 heterocycles. The summed E-state index contributed by atoms with van der Waals surface area (Å²) in [5, 5.41) is 8.28. The van der Waals surface area contributed by atoms with Gasteiger partial charge in [0.15, 0.2) is 0 Å². The SMILES string of the molecule is COC(C=NCC(=O)O)C(C)C. The van der Waals surface area contributed by atoms with Gasteiger partial charge in [0.2, 0.25) is 0 Å². The van der Waals surface area contributed by atoms with Crippen LogP contribution in [0.5, 0.6) is 0 Å². The Bertz CT molecular complexity index is 166. The number of carboxylic acid groups (broad SMARTS) is 1. The van der Waals surface area contributed by atoms with E-state index in [9.17, 15) is 4.79 Å². The number of hydrogen-bond donors (Lipinski definition) is 1. The molecule has 4 nitrogen and oxygen atoms in total. The summed E-state index contributed by atoms with van der Waals surface area (Å²) in [4.78, 5) is 13.8. The summed E-state index contributed by atoms with van der Waals surface area (Å²) >= 11 is 0. The molecule has 0 aromatic carbocycles. The molecule has 0 aliphatic carbocycles. The van der Waals surface area contributed by atoms with Crippen molar-refractivity contribution in [1.29, 1.82) is 0 Å². The fourth-order valence-electron chi connectivity index (χ4n) is 0.740. The van der Waals surface area contributed by atoms with E-state index in [4.69, 9.17) is 9.84 Å². The van der Waals surface area contributed by atoms with Gasteiger partial charge in [-0.05, 0) is 5.92 Å². The van der Waals surface area contributed by atoms with Crippen molar-refractivity contribution in [3.63, 3.8) is 0 Å². The number of aliphatic carboxylic acids is 1. The molecule has 0 fully saturated rings. The molecule has 0 rings (SSSR count). The Hall–Kier alpha value is -0.900. The summed E-state index contributed by atoms with van der Waals surface area (Å²) in [5.74, 6) is -0.614. The lowest BCUT2D eigenvalue weighted by molar-refractivity contribution is -0.135. The van der Waals surface area contributed by atoms with Crippen molar-refractivity contribution >= 4 is 12.2 Å². The van der Waals surface area contributed by atoms with E-state index in [0.717, 1.165) is 0 Å². The van der Waals surface area contributed by atoms with Crippen LogP contribution in [0.15, 0.2) is 4.99 Å². The third-order valence-electron chi connectivity index (χ3n) is 1.41. The largest absolute Gasteiger partial charge is 0.480 e. The number of carboxylic acids is 1. The molecule has 0 aliphatic heterocycles. The Morgan fingerprint density at radius 2 is 2.25 bits per heavy atom. The number of methoxy groups -OCH3 is 1. The zero-order chi connectivity index (χ0) is 9.56. The third-order valence-corrected chi connectivity index (χ3v) is 1.41. The van der Waals surface area contributed by atoms with Crippen molar-refractivity contribution in [1.82, 2.24) is 0 Å². The van der Waals surface area contributed by atoms with E-state index in [0.29, 0.717) is 5.92 Å². The minimum absolute atomic E-state index is 0.0932. The number of aliphatic imine (C=N–C) groups is 1. The second kappa shape index (κ2) is 5.71. The van der Waals surface area contributed by atoms with Gasteiger partial charge in [-0.25, -0.2) is 0 Å². The average Bonchev–Trinajstić information content (AvgIpc) is 1.96. The molecule has 0 saturated heterocycles. The number of hydrogen-bond acceptors (Lipinski definition) is 3. The van der Waals surface area contributed by atoms with Crippen molar-refractivity contribution in [2.24, 2.45) is 10.9 Å². The third kappa shape index (κ3) is 4.85. The molecule has 0 saturated carbocycles. The Kier molecular flexibility index (Phi) is 5.28. The molecule has 0 spiro atoms. The van der Waals surface area contributed by atoms with Crippen LogP contribution >= 0.6 is 0 Å². The molecular weight excluding hydrogens is 158 g/mol. The molecule has 0 radical (unpaired) electrons. The van der Waals surface area contributed by atoms with Crippen LogP contribution in [-0.2, 0) is 9.53 Å². The summed E-state index contributed by atoms with van der Waals surface area (Å²) in [5.41, 5.74) is 0. The Labute approximate surface area is 72.3 Å². The van der Waals surface area contributed by atoms with E-state index in [1.165, 1.54) is 0 Å². The van der Waals surface area contributed by atoms with Crippen LogP contribution in [0.4, 0.5) is 0 Å². The monoisotopic (exact) mass is 173 g/mol. The van der Waals surface area contributed by atoms with Crippen molar-refractivity contribution in [3.05, 3.63) is 0 Å². The minimum atomic E-state index is -0.926. The Morgan fingerprint density at radius 1 is 1.67 bits per heavy atom. The van der Waals surface area contributed by atoms with Crippen LogP contribution in [-0.4, -0.2) is 37.0 Å². The van der Waals surface area contributed by atoms with Gasteiger partial charge in [0.1, 0.15) is 6.54 Å². The average molecular weight is 173 g/mol. The summed E-state index contributed by atoms with van der Waals surface area (Å²) in [6.07, 6.45) is 1.45. The molecule has 0 aliphatic rings. The summed E-state index contributed by atoms with van der Waals surface area (Å²) in [6, 6.07) is 0. The summed E-state index contributed by atoms with van der Waals surface area (Å²) < 4.78 is 5.05. The van der Waals surface area contributed by atoms with Crippen LogP contribution in [0.25, 0.3) is 0 Å². The summed E-state index contributed by atoms with van der Waals surface area (Å²) in [7, 11) is 1.58. The quantitative estimate of drug-likeness (QED) is 0.626.